The molecular weight excluding hydrogens is 278 g/mol. The molecule has 0 spiro atoms. The van der Waals surface area contributed by atoms with Crippen LogP contribution in [0.25, 0.3) is 0 Å². The number of nitrogens with zero attached hydrogens (tertiary/aromatic N) is 2. The van der Waals surface area contributed by atoms with Gasteiger partial charge >= 0.3 is 5.69 Å². The average molecular weight is 293 g/mol. The second kappa shape index (κ2) is 6.31. The zero-order valence-corrected chi connectivity index (χ0v) is 11.7. The van der Waals surface area contributed by atoms with Crippen LogP contribution in [0.1, 0.15) is 10.7 Å². The number of hydrazine groups is 1. The van der Waals surface area contributed by atoms with Crippen LogP contribution >= 0.6 is 11.3 Å². The van der Waals surface area contributed by atoms with Crippen molar-refractivity contribution < 1.29 is 4.92 Å². The van der Waals surface area contributed by atoms with Crippen LogP contribution < -0.4 is 16.6 Å². The molecule has 0 amide bonds. The van der Waals surface area contributed by atoms with Crippen molar-refractivity contribution >= 4 is 28.4 Å². The smallest absolute Gasteiger partial charge is 0.316 e. The minimum atomic E-state index is -0.454. The summed E-state index contributed by atoms with van der Waals surface area (Å²) in [6.45, 7) is 2.51. The summed E-state index contributed by atoms with van der Waals surface area (Å²) in [6.07, 6.45) is 0.710. The number of nitro groups is 1. The van der Waals surface area contributed by atoms with Gasteiger partial charge in [0, 0.05) is 18.3 Å². The zero-order valence-electron chi connectivity index (χ0n) is 10.9. The van der Waals surface area contributed by atoms with E-state index in [1.807, 2.05) is 12.3 Å². The lowest BCUT2D eigenvalue weighted by Crippen LogP contribution is -2.12. The van der Waals surface area contributed by atoms with E-state index in [9.17, 15) is 10.1 Å². The molecule has 2 rings (SSSR count). The van der Waals surface area contributed by atoms with E-state index in [2.05, 4.69) is 15.7 Å². The van der Waals surface area contributed by atoms with Crippen LogP contribution in [0.2, 0.25) is 0 Å². The molecule has 0 aliphatic rings. The van der Waals surface area contributed by atoms with Gasteiger partial charge in [-0.3, -0.25) is 16.0 Å². The quantitative estimate of drug-likeness (QED) is 0.428. The molecule has 2 aromatic rings. The first kappa shape index (κ1) is 14.2. The van der Waals surface area contributed by atoms with Crippen molar-refractivity contribution in [2.45, 2.75) is 13.3 Å². The van der Waals surface area contributed by atoms with Gasteiger partial charge in [0.1, 0.15) is 11.4 Å². The summed E-state index contributed by atoms with van der Waals surface area (Å²) in [5.74, 6) is 5.29. The number of nitrogens with two attached hydrogens (primary N) is 1. The Kier molecular flexibility index (Phi) is 4.49. The zero-order chi connectivity index (χ0) is 14.5. The minimum Gasteiger partial charge on any atom is -0.379 e. The minimum absolute atomic E-state index is 0.0514. The SMILES string of the molecule is Cc1nc(CCNc2cccc(NN)c2[N+](=O)[O-])cs1. The van der Waals surface area contributed by atoms with E-state index < -0.39 is 4.92 Å². The number of benzene rings is 1. The fraction of sp³-hybridized carbons (Fsp3) is 0.250. The van der Waals surface area contributed by atoms with E-state index in [-0.39, 0.29) is 11.4 Å². The third-order valence-electron chi connectivity index (χ3n) is 2.74. The molecule has 1 aromatic heterocycles. The van der Waals surface area contributed by atoms with E-state index in [1.165, 1.54) is 0 Å². The summed E-state index contributed by atoms with van der Waals surface area (Å²) < 4.78 is 0. The van der Waals surface area contributed by atoms with Crippen LogP contribution in [-0.2, 0) is 6.42 Å². The van der Waals surface area contributed by atoms with Crippen LogP contribution in [0.15, 0.2) is 23.6 Å². The second-order valence-electron chi connectivity index (χ2n) is 4.14. The maximum absolute atomic E-state index is 11.1. The van der Waals surface area contributed by atoms with Gasteiger partial charge in [-0.2, -0.15) is 0 Å². The highest BCUT2D eigenvalue weighted by Gasteiger charge is 2.18. The number of nitrogen functional groups attached to an aromatic ring is 1. The molecule has 0 aliphatic carbocycles. The number of thiazole rings is 1. The number of aryl methyl sites for hydroxylation is 1. The number of nitro benzene ring substituents is 1. The molecule has 0 fully saturated rings. The Morgan fingerprint density at radius 2 is 2.20 bits per heavy atom. The lowest BCUT2D eigenvalue weighted by Gasteiger charge is -2.09. The first-order chi connectivity index (χ1) is 9.61. The van der Waals surface area contributed by atoms with Gasteiger partial charge in [-0.05, 0) is 19.1 Å². The van der Waals surface area contributed by atoms with Crippen molar-refractivity contribution in [1.29, 1.82) is 0 Å². The van der Waals surface area contributed by atoms with Gasteiger partial charge in [0.05, 0.1) is 15.6 Å². The largest absolute Gasteiger partial charge is 0.379 e. The molecule has 0 bridgehead atoms. The van der Waals surface area contributed by atoms with Gasteiger partial charge in [-0.15, -0.1) is 11.3 Å². The summed E-state index contributed by atoms with van der Waals surface area (Å²) in [5.41, 5.74) is 3.99. The van der Waals surface area contributed by atoms with Crippen LogP contribution in [0.3, 0.4) is 0 Å². The molecule has 1 heterocycles. The molecule has 20 heavy (non-hydrogen) atoms. The van der Waals surface area contributed by atoms with E-state index in [0.29, 0.717) is 18.7 Å². The Morgan fingerprint density at radius 1 is 1.45 bits per heavy atom. The molecular formula is C12H15N5O2S. The average Bonchev–Trinajstić information content (AvgIpc) is 2.83. The van der Waals surface area contributed by atoms with Gasteiger partial charge in [-0.1, -0.05) is 6.07 Å². The second-order valence-corrected chi connectivity index (χ2v) is 5.20. The summed E-state index contributed by atoms with van der Waals surface area (Å²) in [4.78, 5) is 15.0. The highest BCUT2D eigenvalue weighted by Crippen LogP contribution is 2.31. The lowest BCUT2D eigenvalue weighted by molar-refractivity contribution is -0.383. The monoisotopic (exact) mass is 293 g/mol. The standard InChI is InChI=1S/C12H15N5O2S/c1-8-15-9(7-20-8)5-6-14-10-3-2-4-11(16-13)12(10)17(18)19/h2-4,7,14,16H,5-6,13H2,1H3. The van der Waals surface area contributed by atoms with Crippen LogP contribution in [0, 0.1) is 17.0 Å². The first-order valence-corrected chi connectivity index (χ1v) is 6.88. The van der Waals surface area contributed by atoms with E-state index in [0.717, 1.165) is 10.7 Å². The molecule has 8 heteroatoms. The molecule has 0 saturated heterocycles. The molecule has 0 radical (unpaired) electrons. The Balaban J connectivity index is 2.07. The van der Waals surface area contributed by atoms with E-state index >= 15 is 0 Å². The predicted octanol–water partition coefficient (Wildman–Crippen LogP) is 2.30. The summed E-state index contributed by atoms with van der Waals surface area (Å²) in [7, 11) is 0. The lowest BCUT2D eigenvalue weighted by atomic mass is 10.2. The molecule has 106 valence electrons. The van der Waals surface area contributed by atoms with Gasteiger partial charge < -0.3 is 10.7 Å². The van der Waals surface area contributed by atoms with Crippen molar-refractivity contribution in [2.75, 3.05) is 17.3 Å². The number of hydrogen-bond donors (Lipinski definition) is 3. The Hall–Kier alpha value is -2.19. The maximum atomic E-state index is 11.1. The van der Waals surface area contributed by atoms with Gasteiger partial charge in [0.15, 0.2) is 0 Å². The maximum Gasteiger partial charge on any atom is 0.316 e. The Labute approximate surface area is 120 Å². The van der Waals surface area contributed by atoms with E-state index in [4.69, 9.17) is 5.84 Å². The molecule has 4 N–H and O–H groups in total. The van der Waals surface area contributed by atoms with Gasteiger partial charge in [-0.25, -0.2) is 4.98 Å². The summed E-state index contributed by atoms with van der Waals surface area (Å²) in [5, 5.41) is 17.2. The first-order valence-electron chi connectivity index (χ1n) is 6.00. The topological polar surface area (TPSA) is 106 Å². The number of rotatable bonds is 6. The van der Waals surface area contributed by atoms with Crippen LogP contribution in [0.4, 0.5) is 17.1 Å². The van der Waals surface area contributed by atoms with Crippen LogP contribution in [-0.4, -0.2) is 16.5 Å². The number of nitrogens with one attached hydrogen (secondary N) is 2. The van der Waals surface area contributed by atoms with Crippen molar-refractivity contribution in [3.8, 4) is 0 Å². The number of anilines is 2. The molecule has 7 nitrogen and oxygen atoms in total. The fourth-order valence-corrected chi connectivity index (χ4v) is 2.49. The summed E-state index contributed by atoms with van der Waals surface area (Å²) in [6, 6.07) is 4.93. The number of aromatic nitrogens is 1. The third kappa shape index (κ3) is 3.22. The Bertz CT molecular complexity index is 614. The molecule has 0 unspecified atom stereocenters. The van der Waals surface area contributed by atoms with Crippen molar-refractivity contribution in [3.63, 3.8) is 0 Å². The molecule has 0 aliphatic heterocycles. The highest BCUT2D eigenvalue weighted by atomic mass is 32.1. The third-order valence-corrected chi connectivity index (χ3v) is 3.56. The number of para-hydroxylation sites is 1. The normalized spacial score (nSPS) is 10.3. The predicted molar refractivity (Wildman–Crippen MR) is 80.0 cm³/mol. The molecule has 0 saturated carbocycles. The highest BCUT2D eigenvalue weighted by molar-refractivity contribution is 7.09. The van der Waals surface area contributed by atoms with Gasteiger partial charge in [0.2, 0.25) is 0 Å². The van der Waals surface area contributed by atoms with Gasteiger partial charge in [0.25, 0.3) is 0 Å². The van der Waals surface area contributed by atoms with E-state index in [1.54, 1.807) is 29.5 Å². The fourth-order valence-electron chi connectivity index (χ4n) is 1.85. The Morgan fingerprint density at radius 3 is 2.80 bits per heavy atom. The van der Waals surface area contributed by atoms with Crippen molar-refractivity contribution in [1.82, 2.24) is 4.98 Å². The summed E-state index contributed by atoms with van der Waals surface area (Å²) >= 11 is 1.59. The molecule has 0 atom stereocenters. The van der Waals surface area contributed by atoms with Crippen molar-refractivity contribution in [2.24, 2.45) is 5.84 Å². The van der Waals surface area contributed by atoms with Crippen molar-refractivity contribution in [3.05, 3.63) is 44.4 Å². The van der Waals surface area contributed by atoms with Crippen LogP contribution in [0.5, 0.6) is 0 Å². The number of hydrogen-bond acceptors (Lipinski definition) is 7. The molecule has 1 aromatic carbocycles.